The molecule has 0 amide bonds. The SMILES string of the molecule is Cc1noc(C)c1CCN1CCCC[C@H]1CN. The Morgan fingerprint density at radius 1 is 1.41 bits per heavy atom. The van der Waals surface area contributed by atoms with E-state index < -0.39 is 0 Å². The molecule has 1 saturated heterocycles. The Morgan fingerprint density at radius 2 is 2.24 bits per heavy atom. The molecule has 0 unspecified atom stereocenters. The summed E-state index contributed by atoms with van der Waals surface area (Å²) in [5.41, 5.74) is 8.13. The molecule has 96 valence electrons. The van der Waals surface area contributed by atoms with Crippen LogP contribution in [0, 0.1) is 13.8 Å². The highest BCUT2D eigenvalue weighted by molar-refractivity contribution is 5.21. The number of piperidine rings is 1. The second-order valence-corrected chi connectivity index (χ2v) is 4.97. The zero-order valence-corrected chi connectivity index (χ0v) is 10.9. The van der Waals surface area contributed by atoms with Crippen molar-refractivity contribution in [2.75, 3.05) is 19.6 Å². The number of aryl methyl sites for hydroxylation is 2. The van der Waals surface area contributed by atoms with Crippen molar-refractivity contribution in [1.29, 1.82) is 0 Å². The number of nitrogens with zero attached hydrogens (tertiary/aromatic N) is 2. The Hall–Kier alpha value is -0.870. The number of hydrogen-bond acceptors (Lipinski definition) is 4. The largest absolute Gasteiger partial charge is 0.361 e. The van der Waals surface area contributed by atoms with E-state index in [0.29, 0.717) is 6.04 Å². The topological polar surface area (TPSA) is 55.3 Å². The summed E-state index contributed by atoms with van der Waals surface area (Å²) in [6, 6.07) is 0.573. The summed E-state index contributed by atoms with van der Waals surface area (Å²) in [5, 5.41) is 4.00. The van der Waals surface area contributed by atoms with Gasteiger partial charge in [0.05, 0.1) is 5.69 Å². The Morgan fingerprint density at radius 3 is 2.88 bits per heavy atom. The van der Waals surface area contributed by atoms with Crippen molar-refractivity contribution in [1.82, 2.24) is 10.1 Å². The van der Waals surface area contributed by atoms with Crippen LogP contribution in [0.5, 0.6) is 0 Å². The fourth-order valence-electron chi connectivity index (χ4n) is 2.74. The van der Waals surface area contributed by atoms with Crippen LogP contribution in [0.25, 0.3) is 0 Å². The summed E-state index contributed by atoms with van der Waals surface area (Å²) in [5.74, 6) is 0.962. The second-order valence-electron chi connectivity index (χ2n) is 4.97. The molecule has 4 nitrogen and oxygen atoms in total. The van der Waals surface area contributed by atoms with Gasteiger partial charge in [-0.25, -0.2) is 0 Å². The molecule has 17 heavy (non-hydrogen) atoms. The van der Waals surface area contributed by atoms with Crippen LogP contribution >= 0.6 is 0 Å². The standard InChI is InChI=1S/C13H23N3O/c1-10-13(11(2)17-15-10)6-8-16-7-4-3-5-12(16)9-14/h12H,3-9,14H2,1-2H3/t12-/m0/s1. The van der Waals surface area contributed by atoms with Gasteiger partial charge in [-0.3, -0.25) is 4.90 Å². The molecule has 1 aliphatic heterocycles. The van der Waals surface area contributed by atoms with Gasteiger partial charge in [-0.15, -0.1) is 0 Å². The lowest BCUT2D eigenvalue weighted by Crippen LogP contribution is -2.44. The van der Waals surface area contributed by atoms with Crippen LogP contribution in [0.2, 0.25) is 0 Å². The predicted octanol–water partition coefficient (Wildman–Crippen LogP) is 1.65. The van der Waals surface area contributed by atoms with Gasteiger partial charge in [0.2, 0.25) is 0 Å². The van der Waals surface area contributed by atoms with Crippen molar-refractivity contribution in [2.45, 2.75) is 45.6 Å². The number of aromatic nitrogens is 1. The summed E-state index contributed by atoms with van der Waals surface area (Å²) in [6.45, 7) is 7.05. The Kier molecular flexibility index (Phi) is 4.18. The van der Waals surface area contributed by atoms with Crippen LogP contribution in [0.4, 0.5) is 0 Å². The molecule has 4 heteroatoms. The van der Waals surface area contributed by atoms with Gasteiger partial charge in [0.15, 0.2) is 0 Å². The molecule has 1 aromatic heterocycles. The van der Waals surface area contributed by atoms with Crippen LogP contribution < -0.4 is 5.73 Å². The maximum Gasteiger partial charge on any atom is 0.137 e. The molecule has 0 radical (unpaired) electrons. The highest BCUT2D eigenvalue weighted by Crippen LogP contribution is 2.18. The maximum atomic E-state index is 5.83. The van der Waals surface area contributed by atoms with Gasteiger partial charge >= 0.3 is 0 Å². The molecule has 2 N–H and O–H groups in total. The Labute approximate surface area is 103 Å². The van der Waals surface area contributed by atoms with Gasteiger partial charge in [-0.2, -0.15) is 0 Å². The van der Waals surface area contributed by atoms with Crippen molar-refractivity contribution < 1.29 is 4.52 Å². The summed E-state index contributed by atoms with van der Waals surface area (Å²) in [7, 11) is 0. The first-order chi connectivity index (χ1) is 8.22. The van der Waals surface area contributed by atoms with Gasteiger partial charge < -0.3 is 10.3 Å². The first kappa shape index (κ1) is 12.6. The monoisotopic (exact) mass is 237 g/mol. The summed E-state index contributed by atoms with van der Waals surface area (Å²) in [6.07, 6.45) is 4.90. The molecule has 1 aromatic rings. The third-order valence-corrected chi connectivity index (χ3v) is 3.85. The van der Waals surface area contributed by atoms with Gasteiger partial charge in [-0.05, 0) is 39.7 Å². The minimum Gasteiger partial charge on any atom is -0.361 e. The quantitative estimate of drug-likeness (QED) is 0.865. The summed E-state index contributed by atoms with van der Waals surface area (Å²) in [4.78, 5) is 2.52. The van der Waals surface area contributed by atoms with Crippen molar-refractivity contribution in [3.63, 3.8) is 0 Å². The smallest absolute Gasteiger partial charge is 0.137 e. The molecule has 0 saturated carbocycles. The minimum absolute atomic E-state index is 0.573. The van der Waals surface area contributed by atoms with E-state index in [2.05, 4.69) is 10.1 Å². The van der Waals surface area contributed by atoms with E-state index >= 15 is 0 Å². The average Bonchev–Trinajstić information content (AvgIpc) is 2.67. The normalized spacial score (nSPS) is 21.9. The van der Waals surface area contributed by atoms with Crippen molar-refractivity contribution in [3.8, 4) is 0 Å². The Bertz CT molecular complexity index is 342. The molecule has 0 bridgehead atoms. The first-order valence-corrected chi connectivity index (χ1v) is 6.58. The van der Waals surface area contributed by atoms with Crippen LogP contribution in [-0.4, -0.2) is 35.7 Å². The van der Waals surface area contributed by atoms with Crippen molar-refractivity contribution in [3.05, 3.63) is 17.0 Å². The molecular formula is C13H23N3O. The van der Waals surface area contributed by atoms with E-state index in [1.54, 1.807) is 0 Å². The number of rotatable bonds is 4. The molecule has 1 fully saturated rings. The third kappa shape index (κ3) is 2.87. The van der Waals surface area contributed by atoms with E-state index in [-0.39, 0.29) is 0 Å². The van der Waals surface area contributed by atoms with Crippen LogP contribution in [0.15, 0.2) is 4.52 Å². The van der Waals surface area contributed by atoms with Crippen molar-refractivity contribution in [2.24, 2.45) is 5.73 Å². The number of likely N-dealkylation sites (tertiary alicyclic amines) is 1. The predicted molar refractivity (Wildman–Crippen MR) is 67.9 cm³/mol. The van der Waals surface area contributed by atoms with Crippen LogP contribution in [-0.2, 0) is 6.42 Å². The molecule has 2 heterocycles. The second kappa shape index (κ2) is 5.65. The average molecular weight is 237 g/mol. The fraction of sp³-hybridized carbons (Fsp3) is 0.769. The van der Waals surface area contributed by atoms with E-state index in [1.165, 1.54) is 31.4 Å². The third-order valence-electron chi connectivity index (χ3n) is 3.85. The van der Waals surface area contributed by atoms with Crippen LogP contribution in [0.1, 0.15) is 36.3 Å². The molecular weight excluding hydrogens is 214 g/mol. The van der Waals surface area contributed by atoms with E-state index in [1.807, 2.05) is 13.8 Å². The Balaban J connectivity index is 1.92. The minimum atomic E-state index is 0.573. The van der Waals surface area contributed by atoms with Gasteiger partial charge in [0.25, 0.3) is 0 Å². The molecule has 1 aliphatic rings. The zero-order chi connectivity index (χ0) is 12.3. The number of hydrogen-bond donors (Lipinski definition) is 1. The molecule has 1 atom stereocenters. The first-order valence-electron chi connectivity index (χ1n) is 6.58. The van der Waals surface area contributed by atoms with E-state index in [9.17, 15) is 0 Å². The lowest BCUT2D eigenvalue weighted by Gasteiger charge is -2.34. The van der Waals surface area contributed by atoms with E-state index in [0.717, 1.165) is 31.0 Å². The fourth-order valence-corrected chi connectivity index (χ4v) is 2.74. The van der Waals surface area contributed by atoms with Crippen molar-refractivity contribution >= 4 is 0 Å². The van der Waals surface area contributed by atoms with E-state index in [4.69, 9.17) is 10.3 Å². The zero-order valence-electron chi connectivity index (χ0n) is 10.9. The molecule has 2 rings (SSSR count). The lowest BCUT2D eigenvalue weighted by atomic mass is 10.0. The van der Waals surface area contributed by atoms with Gasteiger partial charge in [0, 0.05) is 24.7 Å². The van der Waals surface area contributed by atoms with Crippen LogP contribution in [0.3, 0.4) is 0 Å². The highest BCUT2D eigenvalue weighted by atomic mass is 16.5. The number of nitrogens with two attached hydrogens (primary N) is 1. The molecule has 0 spiro atoms. The molecule has 0 aromatic carbocycles. The lowest BCUT2D eigenvalue weighted by molar-refractivity contribution is 0.154. The molecule has 0 aliphatic carbocycles. The maximum absolute atomic E-state index is 5.83. The van der Waals surface area contributed by atoms with Gasteiger partial charge in [0.1, 0.15) is 5.76 Å². The highest BCUT2D eigenvalue weighted by Gasteiger charge is 2.21. The summed E-state index contributed by atoms with van der Waals surface area (Å²) >= 11 is 0. The summed E-state index contributed by atoms with van der Waals surface area (Å²) < 4.78 is 5.20. The van der Waals surface area contributed by atoms with Gasteiger partial charge in [-0.1, -0.05) is 11.6 Å².